The monoisotopic (exact) mass is 513 g/mol. The molecule has 1 aliphatic carbocycles. The molecule has 1 N–H and O–H groups in total. The van der Waals surface area contributed by atoms with Crippen LogP contribution in [0.4, 0.5) is 0 Å². The predicted molar refractivity (Wildman–Crippen MR) is 146 cm³/mol. The molecule has 1 aliphatic rings. The molecular weight excluding hydrogens is 478 g/mol. The van der Waals surface area contributed by atoms with Crippen LogP contribution >= 0.6 is 0 Å². The number of carbonyl (C=O) groups is 1. The molecule has 0 saturated heterocycles. The number of carboxylic acid groups (broad SMARTS) is 1. The van der Waals surface area contributed by atoms with Crippen molar-refractivity contribution in [1.29, 1.82) is 0 Å². The minimum Gasteiger partial charge on any atom is -0.497 e. The smallest absolute Gasteiger partial charge is 0.310 e. The average molecular weight is 514 g/mol. The minimum atomic E-state index is -1.05. The number of benzene rings is 3. The van der Waals surface area contributed by atoms with E-state index in [0.29, 0.717) is 13.2 Å². The van der Waals surface area contributed by atoms with E-state index >= 15 is 0 Å². The second kappa shape index (κ2) is 10.2. The number of carboxylic acids is 1. The first-order valence-electron chi connectivity index (χ1n) is 13.1. The molecule has 1 aromatic heterocycles. The molecule has 1 unspecified atom stereocenters. The van der Waals surface area contributed by atoms with Crippen molar-refractivity contribution >= 4 is 17.0 Å². The summed E-state index contributed by atoms with van der Waals surface area (Å²) in [7, 11) is 3.52. The van der Waals surface area contributed by atoms with Crippen LogP contribution in [-0.2, 0) is 42.6 Å². The van der Waals surface area contributed by atoms with E-state index in [9.17, 15) is 9.90 Å². The van der Waals surface area contributed by atoms with E-state index in [1.807, 2.05) is 64.2 Å². The molecule has 0 spiro atoms. The van der Waals surface area contributed by atoms with Crippen LogP contribution in [0.5, 0.6) is 5.75 Å². The van der Waals surface area contributed by atoms with Crippen molar-refractivity contribution < 1.29 is 19.4 Å². The number of hydrogen-bond donors (Lipinski definition) is 1. The van der Waals surface area contributed by atoms with Crippen molar-refractivity contribution in [2.45, 2.75) is 59.2 Å². The molecule has 0 aliphatic heterocycles. The normalized spacial score (nSPS) is 14.0. The number of rotatable bonds is 9. The van der Waals surface area contributed by atoms with Gasteiger partial charge >= 0.3 is 5.97 Å². The number of hydrogen-bond acceptors (Lipinski definition) is 5. The van der Waals surface area contributed by atoms with Gasteiger partial charge in [-0.2, -0.15) is 0 Å². The Labute approximate surface area is 223 Å². The summed E-state index contributed by atoms with van der Waals surface area (Å²) in [6.07, 6.45) is 3.12. The fourth-order valence-corrected chi connectivity index (χ4v) is 5.79. The van der Waals surface area contributed by atoms with Crippen molar-refractivity contribution in [3.05, 3.63) is 87.5 Å². The maximum absolute atomic E-state index is 12.6. The molecule has 0 radical (unpaired) electrons. The van der Waals surface area contributed by atoms with Gasteiger partial charge in [-0.25, -0.2) is 4.68 Å². The number of ether oxygens (including phenoxy) is 2. The second-order valence-electron chi connectivity index (χ2n) is 10.8. The SMILES string of the molecule is COc1ccc(COCc2cc(C(c3ccc4c(nnn4C)c3C)C(C)(C)C(=O)O)cc3c2CCC3)cc1. The summed E-state index contributed by atoms with van der Waals surface area (Å²) >= 11 is 0. The number of fused-ring (bicyclic) bond motifs is 2. The number of aromatic nitrogens is 3. The topological polar surface area (TPSA) is 86.5 Å². The van der Waals surface area contributed by atoms with Gasteiger partial charge in [0.15, 0.2) is 0 Å². The summed E-state index contributed by atoms with van der Waals surface area (Å²) < 4.78 is 13.2. The highest BCUT2D eigenvalue weighted by Crippen LogP contribution is 2.45. The third-order valence-corrected chi connectivity index (χ3v) is 8.01. The lowest BCUT2D eigenvalue weighted by molar-refractivity contribution is -0.147. The minimum absolute atomic E-state index is 0.363. The molecule has 0 saturated carbocycles. The van der Waals surface area contributed by atoms with Crippen LogP contribution < -0.4 is 4.74 Å². The second-order valence-corrected chi connectivity index (χ2v) is 10.8. The first-order valence-corrected chi connectivity index (χ1v) is 13.1. The fourth-order valence-electron chi connectivity index (χ4n) is 5.79. The molecule has 0 bridgehead atoms. The molecule has 0 fully saturated rings. The lowest BCUT2D eigenvalue weighted by Crippen LogP contribution is -2.32. The van der Waals surface area contributed by atoms with Crippen LogP contribution in [-0.4, -0.2) is 33.2 Å². The zero-order valence-corrected chi connectivity index (χ0v) is 22.7. The van der Waals surface area contributed by atoms with Gasteiger partial charge in [-0.1, -0.05) is 35.5 Å². The Kier molecular flexibility index (Phi) is 6.97. The van der Waals surface area contributed by atoms with E-state index in [1.165, 1.54) is 11.1 Å². The summed E-state index contributed by atoms with van der Waals surface area (Å²) in [6.45, 7) is 6.62. The number of aryl methyl sites for hydroxylation is 3. The largest absolute Gasteiger partial charge is 0.497 e. The van der Waals surface area contributed by atoms with Gasteiger partial charge in [0.2, 0.25) is 0 Å². The van der Waals surface area contributed by atoms with Crippen LogP contribution in [0.2, 0.25) is 0 Å². The van der Waals surface area contributed by atoms with Gasteiger partial charge in [-0.05, 0) is 97.2 Å². The van der Waals surface area contributed by atoms with Crippen molar-refractivity contribution in [3.63, 3.8) is 0 Å². The Morgan fingerprint density at radius 3 is 2.58 bits per heavy atom. The van der Waals surface area contributed by atoms with Crippen molar-refractivity contribution in [1.82, 2.24) is 15.0 Å². The molecule has 7 heteroatoms. The first kappa shape index (κ1) is 25.9. The quantitative estimate of drug-likeness (QED) is 0.307. The summed E-state index contributed by atoms with van der Waals surface area (Å²) in [6, 6.07) is 16.3. The Bertz CT molecular complexity index is 1490. The zero-order chi connectivity index (χ0) is 27.0. The Morgan fingerprint density at radius 2 is 1.87 bits per heavy atom. The Balaban J connectivity index is 1.54. The first-order chi connectivity index (χ1) is 18.2. The lowest BCUT2D eigenvalue weighted by Gasteiger charge is -2.33. The number of methoxy groups -OCH3 is 1. The third-order valence-electron chi connectivity index (χ3n) is 8.01. The summed E-state index contributed by atoms with van der Waals surface area (Å²) in [5, 5.41) is 18.9. The van der Waals surface area contributed by atoms with Gasteiger partial charge < -0.3 is 14.6 Å². The molecular formula is C31H35N3O4. The van der Waals surface area contributed by atoms with Gasteiger partial charge in [0.1, 0.15) is 11.3 Å². The highest BCUT2D eigenvalue weighted by Gasteiger charge is 2.40. The van der Waals surface area contributed by atoms with Crippen molar-refractivity contribution in [2.75, 3.05) is 7.11 Å². The fraction of sp³-hybridized carbons (Fsp3) is 0.387. The maximum Gasteiger partial charge on any atom is 0.310 e. The van der Waals surface area contributed by atoms with Gasteiger partial charge in [0.05, 0.1) is 31.3 Å². The number of aliphatic carboxylic acids is 1. The summed E-state index contributed by atoms with van der Waals surface area (Å²) in [5.41, 5.74) is 8.50. The molecule has 1 heterocycles. The molecule has 4 aromatic rings. The van der Waals surface area contributed by atoms with E-state index in [0.717, 1.165) is 63.9 Å². The van der Waals surface area contributed by atoms with Crippen LogP contribution in [0.15, 0.2) is 48.5 Å². The van der Waals surface area contributed by atoms with E-state index < -0.39 is 11.4 Å². The van der Waals surface area contributed by atoms with E-state index in [4.69, 9.17) is 9.47 Å². The van der Waals surface area contributed by atoms with Crippen LogP contribution in [0.3, 0.4) is 0 Å². The van der Waals surface area contributed by atoms with E-state index in [1.54, 1.807) is 11.8 Å². The average Bonchev–Trinajstić information content (AvgIpc) is 3.53. The van der Waals surface area contributed by atoms with Gasteiger partial charge in [0, 0.05) is 13.0 Å². The molecule has 7 nitrogen and oxygen atoms in total. The van der Waals surface area contributed by atoms with E-state index in [-0.39, 0.29) is 5.92 Å². The van der Waals surface area contributed by atoms with Crippen LogP contribution in [0, 0.1) is 12.3 Å². The zero-order valence-electron chi connectivity index (χ0n) is 22.7. The molecule has 38 heavy (non-hydrogen) atoms. The van der Waals surface area contributed by atoms with Crippen molar-refractivity contribution in [2.24, 2.45) is 12.5 Å². The Hall–Kier alpha value is -3.71. The molecule has 198 valence electrons. The lowest BCUT2D eigenvalue weighted by atomic mass is 9.69. The van der Waals surface area contributed by atoms with Gasteiger partial charge in [0.25, 0.3) is 0 Å². The highest BCUT2D eigenvalue weighted by atomic mass is 16.5. The molecule has 5 rings (SSSR count). The number of nitrogens with zero attached hydrogens (tertiary/aromatic N) is 3. The standard InChI is InChI=1S/C31H35N3O4/c1-19-25(13-14-27-29(19)32-33-34(27)4)28(31(2,3)30(35)36)22-15-21-7-6-8-26(21)23(16-22)18-38-17-20-9-11-24(37-5)12-10-20/h9-16,28H,6-8,17-18H2,1-5H3,(H,35,36). The summed E-state index contributed by atoms with van der Waals surface area (Å²) in [5.74, 6) is -0.377. The predicted octanol–water partition coefficient (Wildman–Crippen LogP) is 5.73. The molecule has 0 amide bonds. The van der Waals surface area contributed by atoms with E-state index in [2.05, 4.69) is 22.4 Å². The third kappa shape index (κ3) is 4.67. The Morgan fingerprint density at radius 1 is 1.11 bits per heavy atom. The van der Waals surface area contributed by atoms with Gasteiger partial charge in [-0.15, -0.1) is 5.10 Å². The van der Waals surface area contributed by atoms with Gasteiger partial charge in [-0.3, -0.25) is 4.79 Å². The highest BCUT2D eigenvalue weighted by molar-refractivity contribution is 5.82. The maximum atomic E-state index is 12.6. The molecule has 1 atom stereocenters. The summed E-state index contributed by atoms with van der Waals surface area (Å²) in [4.78, 5) is 12.6. The van der Waals surface area contributed by atoms with Crippen molar-refractivity contribution in [3.8, 4) is 5.75 Å². The molecule has 3 aromatic carbocycles. The van der Waals surface area contributed by atoms with Crippen LogP contribution in [0.25, 0.3) is 11.0 Å². The van der Waals surface area contributed by atoms with Crippen LogP contribution in [0.1, 0.15) is 65.1 Å².